The number of nitrogens with zero attached hydrogens (tertiary/aromatic N) is 3. The standard InChI is InChI=1S/C17H20N4O2S2/c1-21(2)25(22,23)16-10-8-14(9-11-16)12-19-20-17(18)24-13-15-6-4-3-5-7-15/h3-12H,13H2,1-2H3,(H2,18,20). The fourth-order valence-corrected chi connectivity index (χ4v) is 3.36. The van der Waals surface area contributed by atoms with Crippen LogP contribution < -0.4 is 5.73 Å². The molecule has 0 aliphatic carbocycles. The second kappa shape index (κ2) is 8.80. The van der Waals surface area contributed by atoms with E-state index in [9.17, 15) is 8.42 Å². The average molecular weight is 377 g/mol. The molecule has 0 heterocycles. The summed E-state index contributed by atoms with van der Waals surface area (Å²) in [6.07, 6.45) is 1.53. The topological polar surface area (TPSA) is 88.1 Å². The van der Waals surface area contributed by atoms with E-state index in [4.69, 9.17) is 5.73 Å². The molecule has 0 radical (unpaired) electrons. The van der Waals surface area contributed by atoms with Crippen LogP contribution in [-0.4, -0.2) is 38.2 Å². The van der Waals surface area contributed by atoms with Crippen molar-refractivity contribution in [1.29, 1.82) is 0 Å². The van der Waals surface area contributed by atoms with Gasteiger partial charge < -0.3 is 5.73 Å². The van der Waals surface area contributed by atoms with Crippen molar-refractivity contribution in [2.24, 2.45) is 15.9 Å². The van der Waals surface area contributed by atoms with Gasteiger partial charge in [0.05, 0.1) is 11.1 Å². The third-order valence-electron chi connectivity index (χ3n) is 3.25. The molecular weight excluding hydrogens is 356 g/mol. The predicted molar refractivity (Wildman–Crippen MR) is 104 cm³/mol. The Morgan fingerprint density at radius 2 is 1.76 bits per heavy atom. The zero-order valence-corrected chi connectivity index (χ0v) is 15.7. The summed E-state index contributed by atoms with van der Waals surface area (Å²) in [5.41, 5.74) is 7.71. The summed E-state index contributed by atoms with van der Waals surface area (Å²) in [6.45, 7) is 0. The van der Waals surface area contributed by atoms with Gasteiger partial charge in [0.1, 0.15) is 0 Å². The number of sulfonamides is 1. The smallest absolute Gasteiger partial charge is 0.242 e. The Labute approximate surface area is 152 Å². The van der Waals surface area contributed by atoms with Gasteiger partial charge in [0.2, 0.25) is 10.0 Å². The molecule has 0 amide bonds. The predicted octanol–water partition coefficient (Wildman–Crippen LogP) is 2.52. The molecule has 2 rings (SSSR count). The molecule has 2 N–H and O–H groups in total. The van der Waals surface area contributed by atoms with Gasteiger partial charge in [-0.25, -0.2) is 12.7 Å². The van der Waals surface area contributed by atoms with Gasteiger partial charge in [-0.15, -0.1) is 5.10 Å². The van der Waals surface area contributed by atoms with Gasteiger partial charge in [-0.05, 0) is 23.3 Å². The van der Waals surface area contributed by atoms with E-state index in [1.165, 1.54) is 48.5 Å². The molecule has 2 aromatic rings. The van der Waals surface area contributed by atoms with Crippen LogP contribution >= 0.6 is 11.8 Å². The third kappa shape index (κ3) is 5.70. The molecule has 0 atom stereocenters. The monoisotopic (exact) mass is 376 g/mol. The van der Waals surface area contributed by atoms with Gasteiger partial charge in [0, 0.05) is 19.8 Å². The summed E-state index contributed by atoms with van der Waals surface area (Å²) in [6, 6.07) is 16.4. The van der Waals surface area contributed by atoms with Crippen LogP contribution in [0.15, 0.2) is 69.7 Å². The van der Waals surface area contributed by atoms with Crippen molar-refractivity contribution in [3.05, 3.63) is 65.7 Å². The van der Waals surface area contributed by atoms with Crippen molar-refractivity contribution in [1.82, 2.24) is 4.31 Å². The van der Waals surface area contributed by atoms with Crippen LogP contribution in [0.5, 0.6) is 0 Å². The Morgan fingerprint density at radius 3 is 2.36 bits per heavy atom. The van der Waals surface area contributed by atoms with Crippen LogP contribution in [0.25, 0.3) is 0 Å². The number of thioether (sulfide) groups is 1. The lowest BCUT2D eigenvalue weighted by molar-refractivity contribution is 0.521. The second-order valence-corrected chi connectivity index (χ2v) is 8.46. The number of rotatable bonds is 6. The molecule has 0 fully saturated rings. The Morgan fingerprint density at radius 1 is 1.12 bits per heavy atom. The Kier molecular flexibility index (Phi) is 6.74. The van der Waals surface area contributed by atoms with Crippen LogP contribution in [0.4, 0.5) is 0 Å². The van der Waals surface area contributed by atoms with Crippen molar-refractivity contribution < 1.29 is 8.42 Å². The van der Waals surface area contributed by atoms with Gasteiger partial charge in [-0.2, -0.15) is 5.10 Å². The fraction of sp³-hybridized carbons (Fsp3) is 0.176. The average Bonchev–Trinajstić information content (AvgIpc) is 2.61. The lowest BCUT2D eigenvalue weighted by Gasteiger charge is -2.10. The number of benzene rings is 2. The Hall–Kier alpha value is -2.16. The molecule has 8 heteroatoms. The van der Waals surface area contributed by atoms with Gasteiger partial charge in [-0.1, -0.05) is 54.2 Å². The summed E-state index contributed by atoms with van der Waals surface area (Å²) < 4.78 is 25.1. The summed E-state index contributed by atoms with van der Waals surface area (Å²) >= 11 is 1.40. The maximum absolute atomic E-state index is 12.0. The number of amidine groups is 1. The largest absolute Gasteiger partial charge is 0.377 e. The van der Waals surface area contributed by atoms with Crippen LogP contribution in [0.1, 0.15) is 11.1 Å². The molecule has 0 aromatic heterocycles. The number of nitrogens with two attached hydrogens (primary N) is 1. The first kappa shape index (κ1) is 19.2. The van der Waals surface area contributed by atoms with Crippen molar-refractivity contribution in [3.63, 3.8) is 0 Å². The first-order valence-corrected chi connectivity index (χ1v) is 9.88. The molecule has 0 spiro atoms. The zero-order chi connectivity index (χ0) is 18.3. The summed E-state index contributed by atoms with van der Waals surface area (Å²) in [5, 5.41) is 8.24. The first-order valence-electron chi connectivity index (χ1n) is 7.45. The molecule has 2 aromatic carbocycles. The fourth-order valence-electron chi connectivity index (χ4n) is 1.85. The molecular formula is C17H20N4O2S2. The molecule has 6 nitrogen and oxygen atoms in total. The van der Waals surface area contributed by atoms with Crippen molar-refractivity contribution in [2.45, 2.75) is 10.6 Å². The zero-order valence-electron chi connectivity index (χ0n) is 14.0. The van der Waals surface area contributed by atoms with Crippen LogP contribution in [-0.2, 0) is 15.8 Å². The highest BCUT2D eigenvalue weighted by molar-refractivity contribution is 8.13. The molecule has 0 aliphatic heterocycles. The minimum Gasteiger partial charge on any atom is -0.377 e. The molecule has 132 valence electrons. The summed E-state index contributed by atoms with van der Waals surface area (Å²) in [7, 11) is -0.433. The Bertz CT molecular complexity index is 846. The molecule has 0 unspecified atom stereocenters. The van der Waals surface area contributed by atoms with Crippen LogP contribution in [0.2, 0.25) is 0 Å². The van der Waals surface area contributed by atoms with Crippen molar-refractivity contribution in [3.8, 4) is 0 Å². The molecule has 0 aliphatic rings. The van der Waals surface area contributed by atoms with Gasteiger partial charge in [0.15, 0.2) is 5.17 Å². The first-order chi connectivity index (χ1) is 11.9. The van der Waals surface area contributed by atoms with E-state index >= 15 is 0 Å². The number of hydrogen-bond acceptors (Lipinski definition) is 5. The molecule has 0 bridgehead atoms. The highest BCUT2D eigenvalue weighted by atomic mass is 32.2. The maximum atomic E-state index is 12.0. The Balaban J connectivity index is 1.95. The highest BCUT2D eigenvalue weighted by Crippen LogP contribution is 2.14. The van der Waals surface area contributed by atoms with Gasteiger partial charge >= 0.3 is 0 Å². The van der Waals surface area contributed by atoms with E-state index < -0.39 is 10.0 Å². The van der Waals surface area contributed by atoms with E-state index in [2.05, 4.69) is 10.2 Å². The molecule has 0 saturated heterocycles. The third-order valence-corrected chi connectivity index (χ3v) is 5.94. The minimum absolute atomic E-state index is 0.232. The lowest BCUT2D eigenvalue weighted by atomic mass is 10.2. The van der Waals surface area contributed by atoms with Crippen LogP contribution in [0.3, 0.4) is 0 Å². The van der Waals surface area contributed by atoms with Crippen molar-refractivity contribution in [2.75, 3.05) is 14.1 Å². The summed E-state index contributed by atoms with van der Waals surface area (Å²) in [4.78, 5) is 0.232. The van der Waals surface area contributed by atoms with E-state index in [0.29, 0.717) is 5.17 Å². The second-order valence-electron chi connectivity index (χ2n) is 5.31. The van der Waals surface area contributed by atoms with E-state index in [1.54, 1.807) is 12.1 Å². The normalized spacial score (nSPS) is 12.8. The van der Waals surface area contributed by atoms with Gasteiger partial charge in [0.25, 0.3) is 0 Å². The van der Waals surface area contributed by atoms with E-state index in [-0.39, 0.29) is 4.90 Å². The lowest BCUT2D eigenvalue weighted by Crippen LogP contribution is -2.22. The minimum atomic E-state index is -3.42. The highest BCUT2D eigenvalue weighted by Gasteiger charge is 2.16. The van der Waals surface area contributed by atoms with E-state index in [0.717, 1.165) is 16.9 Å². The summed E-state index contributed by atoms with van der Waals surface area (Å²) in [5.74, 6) is 0.725. The van der Waals surface area contributed by atoms with Gasteiger partial charge in [-0.3, -0.25) is 0 Å². The number of hydrogen-bond donors (Lipinski definition) is 1. The van der Waals surface area contributed by atoms with Crippen LogP contribution in [0, 0.1) is 0 Å². The quantitative estimate of drug-likeness (QED) is 0.477. The molecule has 0 saturated carbocycles. The SMILES string of the molecule is CN(C)S(=O)(=O)c1ccc(C=NN=C(N)SCc2ccccc2)cc1. The molecule has 25 heavy (non-hydrogen) atoms. The van der Waals surface area contributed by atoms with Crippen molar-refractivity contribution >= 4 is 33.2 Å². The van der Waals surface area contributed by atoms with E-state index in [1.807, 2.05) is 30.3 Å². The maximum Gasteiger partial charge on any atom is 0.242 e.